The van der Waals surface area contributed by atoms with E-state index in [1.165, 1.54) is 79.8 Å². The molecule has 0 aliphatic heterocycles. The summed E-state index contributed by atoms with van der Waals surface area (Å²) in [7, 11) is -6.42. The van der Waals surface area contributed by atoms with Crippen molar-refractivity contribution in [1.29, 1.82) is 0 Å². The van der Waals surface area contributed by atoms with Crippen molar-refractivity contribution in [2.75, 3.05) is 17.9 Å². The van der Waals surface area contributed by atoms with Crippen LogP contribution in [0.4, 0.5) is 5.82 Å². The number of methoxy groups -OCH3 is 2. The third-order valence-electron chi connectivity index (χ3n) is 5.11. The van der Waals surface area contributed by atoms with E-state index in [-0.39, 0.29) is 21.4 Å². The summed E-state index contributed by atoms with van der Waals surface area (Å²) in [6.45, 7) is 1.57. The lowest BCUT2D eigenvalue weighted by Crippen LogP contribution is -2.39. The zero-order chi connectivity index (χ0) is 25.2. The molecule has 0 atom stereocenters. The van der Waals surface area contributed by atoms with E-state index < -0.39 is 20.0 Å². The molecule has 0 unspecified atom stereocenters. The SMILES string of the molecule is COc1ccc(S(=O)(=O)N(c2c(C)cnn2-c2ccccn2)S(=O)(=O)c2ccc(OC)cc2)cc1. The van der Waals surface area contributed by atoms with Gasteiger partial charge >= 0.3 is 0 Å². The molecular formula is C23H22N4O6S2. The number of hydrogen-bond donors (Lipinski definition) is 0. The summed E-state index contributed by atoms with van der Waals surface area (Å²) >= 11 is 0. The molecule has 10 nitrogen and oxygen atoms in total. The van der Waals surface area contributed by atoms with Crippen LogP contribution in [0, 0.1) is 6.92 Å². The fourth-order valence-corrected chi connectivity index (χ4v) is 7.13. The number of hydrogen-bond acceptors (Lipinski definition) is 8. The number of ether oxygens (including phenoxy) is 2. The Hall–Kier alpha value is -3.90. The second-order valence-corrected chi connectivity index (χ2v) is 11.1. The molecule has 0 aliphatic carbocycles. The zero-order valence-electron chi connectivity index (χ0n) is 19.1. The Morgan fingerprint density at radius 2 is 1.29 bits per heavy atom. The second kappa shape index (κ2) is 9.39. The molecule has 4 rings (SSSR count). The van der Waals surface area contributed by atoms with Gasteiger partial charge in [-0.15, -0.1) is 3.71 Å². The Labute approximate surface area is 203 Å². The molecule has 2 aromatic heterocycles. The molecule has 0 fully saturated rings. The highest BCUT2D eigenvalue weighted by molar-refractivity contribution is 8.10. The molecule has 4 aromatic rings. The predicted molar refractivity (Wildman–Crippen MR) is 129 cm³/mol. The Kier molecular flexibility index (Phi) is 6.50. The quantitative estimate of drug-likeness (QED) is 0.352. The van der Waals surface area contributed by atoms with E-state index in [1.807, 2.05) is 0 Å². The summed E-state index contributed by atoms with van der Waals surface area (Å²) in [6, 6.07) is 15.8. The van der Waals surface area contributed by atoms with Gasteiger partial charge in [0.05, 0.1) is 30.2 Å². The second-order valence-electron chi connectivity index (χ2n) is 7.31. The minimum absolute atomic E-state index is 0.185. The van der Waals surface area contributed by atoms with E-state index >= 15 is 0 Å². The van der Waals surface area contributed by atoms with Crippen LogP contribution in [-0.2, 0) is 20.0 Å². The van der Waals surface area contributed by atoms with Gasteiger partial charge in [0, 0.05) is 11.8 Å². The maximum atomic E-state index is 13.9. The van der Waals surface area contributed by atoms with Crippen LogP contribution in [-0.4, -0.2) is 45.8 Å². The molecule has 0 saturated carbocycles. The van der Waals surface area contributed by atoms with Gasteiger partial charge < -0.3 is 9.47 Å². The van der Waals surface area contributed by atoms with Gasteiger partial charge in [0.2, 0.25) is 0 Å². The van der Waals surface area contributed by atoms with Crippen molar-refractivity contribution in [1.82, 2.24) is 14.8 Å². The summed E-state index contributed by atoms with van der Waals surface area (Å²) in [5.74, 6) is 0.900. The molecule has 35 heavy (non-hydrogen) atoms. The first-order chi connectivity index (χ1) is 16.7. The maximum Gasteiger partial charge on any atom is 0.279 e. The average molecular weight is 515 g/mol. The monoisotopic (exact) mass is 514 g/mol. The van der Waals surface area contributed by atoms with E-state index in [1.54, 1.807) is 25.1 Å². The lowest BCUT2D eigenvalue weighted by Gasteiger charge is -2.25. The van der Waals surface area contributed by atoms with Crippen LogP contribution in [0.15, 0.2) is 88.9 Å². The molecule has 12 heteroatoms. The molecule has 0 amide bonds. The fourth-order valence-electron chi connectivity index (χ4n) is 3.34. The van der Waals surface area contributed by atoms with Crippen LogP contribution in [0.2, 0.25) is 0 Å². The van der Waals surface area contributed by atoms with Crippen LogP contribution in [0.25, 0.3) is 5.82 Å². The largest absolute Gasteiger partial charge is 0.497 e. The number of sulfonamides is 2. The molecule has 182 valence electrons. The number of anilines is 1. The van der Waals surface area contributed by atoms with Gasteiger partial charge in [-0.25, -0.2) is 4.98 Å². The van der Waals surface area contributed by atoms with Crippen LogP contribution in [0.1, 0.15) is 5.56 Å². The Bertz CT molecular complexity index is 1460. The summed E-state index contributed by atoms with van der Waals surface area (Å²) in [5, 5.41) is 4.22. The first kappa shape index (κ1) is 24.2. The topological polar surface area (TPSA) is 121 Å². The van der Waals surface area contributed by atoms with Crippen LogP contribution in [0.5, 0.6) is 11.5 Å². The minimum Gasteiger partial charge on any atom is -0.497 e. The third-order valence-corrected chi connectivity index (χ3v) is 9.24. The molecule has 0 saturated heterocycles. The molecule has 2 aromatic carbocycles. The van der Waals surface area contributed by atoms with Crippen molar-refractivity contribution in [2.45, 2.75) is 16.7 Å². The fraction of sp³-hybridized carbons (Fsp3) is 0.130. The first-order valence-corrected chi connectivity index (χ1v) is 13.1. The van der Waals surface area contributed by atoms with Crippen molar-refractivity contribution in [2.24, 2.45) is 0 Å². The van der Waals surface area contributed by atoms with Crippen LogP contribution in [0.3, 0.4) is 0 Å². The normalized spacial score (nSPS) is 11.7. The average Bonchev–Trinajstić information content (AvgIpc) is 3.24. The summed E-state index contributed by atoms with van der Waals surface area (Å²) < 4.78 is 67.5. The minimum atomic E-state index is -4.65. The summed E-state index contributed by atoms with van der Waals surface area (Å²) in [6.07, 6.45) is 2.88. The number of aromatic nitrogens is 3. The zero-order valence-corrected chi connectivity index (χ0v) is 20.7. The highest BCUT2D eigenvalue weighted by Crippen LogP contribution is 2.35. The Morgan fingerprint density at radius 1 is 0.771 bits per heavy atom. The van der Waals surface area contributed by atoms with Crippen molar-refractivity contribution in [3.63, 3.8) is 0 Å². The van der Waals surface area contributed by atoms with Gasteiger partial charge in [0.25, 0.3) is 20.0 Å². The van der Waals surface area contributed by atoms with Crippen molar-refractivity contribution in [3.8, 4) is 17.3 Å². The number of benzene rings is 2. The number of aryl methyl sites for hydroxylation is 1. The molecule has 2 heterocycles. The van der Waals surface area contributed by atoms with Gasteiger partial charge in [-0.05, 0) is 67.6 Å². The Morgan fingerprint density at radius 3 is 1.71 bits per heavy atom. The molecule has 0 N–H and O–H groups in total. The summed E-state index contributed by atoms with van der Waals surface area (Å²) in [5.41, 5.74) is 0.310. The first-order valence-electron chi connectivity index (χ1n) is 10.2. The van der Waals surface area contributed by atoms with Gasteiger partial charge in [0.1, 0.15) is 11.5 Å². The third kappa shape index (κ3) is 4.45. The van der Waals surface area contributed by atoms with Crippen molar-refractivity contribution >= 4 is 25.9 Å². The predicted octanol–water partition coefficient (Wildman–Crippen LogP) is 3.18. The number of pyridine rings is 1. The van der Waals surface area contributed by atoms with Crippen LogP contribution < -0.4 is 13.2 Å². The standard InChI is InChI=1S/C23H22N4O6S2/c1-17-16-25-26(22-6-4-5-15-24-22)23(17)27(34(28,29)20-11-7-18(32-2)8-12-20)35(30,31)21-13-9-19(33-3)10-14-21/h4-16H,1-3H3. The smallest absolute Gasteiger partial charge is 0.279 e. The molecular weight excluding hydrogens is 492 g/mol. The van der Waals surface area contributed by atoms with Crippen LogP contribution >= 0.6 is 0 Å². The number of rotatable bonds is 8. The molecule has 0 spiro atoms. The molecule has 0 radical (unpaired) electrons. The van der Waals surface area contributed by atoms with Gasteiger partial charge in [-0.3, -0.25) is 0 Å². The van der Waals surface area contributed by atoms with E-state index in [9.17, 15) is 16.8 Å². The number of nitrogens with zero attached hydrogens (tertiary/aromatic N) is 4. The van der Waals surface area contributed by atoms with Gasteiger partial charge in [-0.1, -0.05) is 6.07 Å². The lowest BCUT2D eigenvalue weighted by atomic mass is 10.3. The maximum absolute atomic E-state index is 13.9. The highest BCUT2D eigenvalue weighted by atomic mass is 32.3. The van der Waals surface area contributed by atoms with E-state index in [0.717, 1.165) is 0 Å². The van der Waals surface area contributed by atoms with Crippen molar-refractivity contribution in [3.05, 3.63) is 84.7 Å². The molecule has 0 bridgehead atoms. The lowest BCUT2D eigenvalue weighted by molar-refractivity contribution is 0.414. The Balaban J connectivity index is 1.99. The van der Waals surface area contributed by atoms with E-state index in [0.29, 0.717) is 20.8 Å². The van der Waals surface area contributed by atoms with E-state index in [4.69, 9.17) is 9.47 Å². The highest BCUT2D eigenvalue weighted by Gasteiger charge is 2.40. The van der Waals surface area contributed by atoms with E-state index in [2.05, 4.69) is 10.1 Å². The van der Waals surface area contributed by atoms with Gasteiger partial charge in [-0.2, -0.15) is 26.6 Å². The molecule has 0 aliphatic rings. The summed E-state index contributed by atoms with van der Waals surface area (Å²) in [4.78, 5) is 3.72. The van der Waals surface area contributed by atoms with Crippen molar-refractivity contribution < 1.29 is 26.3 Å². The van der Waals surface area contributed by atoms with Gasteiger partial charge in [0.15, 0.2) is 11.6 Å².